The SMILES string of the molecule is CN(CC(F)F)c1cc2c(cc1C(=O)O)nc(N(c1ccc(F)c(Cl)c1)c1c(Cl)ccc(CNC(=O)C(C)(C)C)c1Cl)n2C. The van der Waals surface area contributed by atoms with Crippen molar-refractivity contribution >= 4 is 80.7 Å². The number of anilines is 4. The molecule has 0 atom stereocenters. The molecule has 1 aromatic heterocycles. The summed E-state index contributed by atoms with van der Waals surface area (Å²) in [4.78, 5) is 32.0. The number of carbonyl (C=O) groups excluding carboxylic acids is 1. The van der Waals surface area contributed by atoms with Crippen LogP contribution in [0, 0.1) is 11.2 Å². The molecular weight excluding hydrogens is 642 g/mol. The number of hydrogen-bond donors (Lipinski definition) is 2. The molecule has 234 valence electrons. The number of carboxylic acids is 1. The monoisotopic (exact) mass is 669 g/mol. The maximum absolute atomic E-state index is 14.3. The highest BCUT2D eigenvalue weighted by molar-refractivity contribution is 6.40. The highest BCUT2D eigenvalue weighted by atomic mass is 35.5. The smallest absolute Gasteiger partial charge is 0.337 e. The molecule has 44 heavy (non-hydrogen) atoms. The number of carboxylic acid groups (broad SMARTS) is 1. The summed E-state index contributed by atoms with van der Waals surface area (Å²) in [7, 11) is 3.00. The Morgan fingerprint density at radius 3 is 2.34 bits per heavy atom. The lowest BCUT2D eigenvalue weighted by molar-refractivity contribution is -0.128. The Kier molecular flexibility index (Phi) is 9.63. The molecular formula is C30H29Cl3F3N5O3. The van der Waals surface area contributed by atoms with Crippen LogP contribution in [0.5, 0.6) is 0 Å². The summed E-state index contributed by atoms with van der Waals surface area (Å²) in [5.74, 6) is -2.03. The number of fused-ring (bicyclic) bond motifs is 1. The molecule has 3 aromatic carbocycles. The molecule has 14 heteroatoms. The summed E-state index contributed by atoms with van der Waals surface area (Å²) in [6.45, 7) is 4.70. The van der Waals surface area contributed by atoms with Gasteiger partial charge in [0, 0.05) is 26.1 Å². The molecule has 0 unspecified atom stereocenters. The molecule has 1 heterocycles. The van der Waals surface area contributed by atoms with Crippen molar-refractivity contribution in [2.45, 2.75) is 33.7 Å². The van der Waals surface area contributed by atoms with E-state index >= 15 is 0 Å². The topological polar surface area (TPSA) is 90.7 Å². The van der Waals surface area contributed by atoms with Crippen molar-refractivity contribution in [2.75, 3.05) is 23.4 Å². The van der Waals surface area contributed by atoms with Gasteiger partial charge >= 0.3 is 5.97 Å². The minimum atomic E-state index is -2.71. The van der Waals surface area contributed by atoms with Gasteiger partial charge in [0.1, 0.15) is 5.82 Å². The van der Waals surface area contributed by atoms with Crippen LogP contribution in [0.2, 0.25) is 15.1 Å². The normalized spacial score (nSPS) is 11.7. The summed E-state index contributed by atoms with van der Waals surface area (Å²) in [5, 5.41) is 12.9. The average Bonchev–Trinajstić information content (AvgIpc) is 3.25. The van der Waals surface area contributed by atoms with E-state index in [2.05, 4.69) is 10.3 Å². The molecule has 0 saturated carbocycles. The number of halogens is 6. The predicted octanol–water partition coefficient (Wildman–Crippen LogP) is 8.20. The Hall–Kier alpha value is -3.67. The minimum absolute atomic E-state index is 0.0591. The van der Waals surface area contributed by atoms with E-state index in [4.69, 9.17) is 34.8 Å². The fraction of sp³-hybridized carbons (Fsp3) is 0.300. The van der Waals surface area contributed by atoms with Crippen LogP contribution in [0.15, 0.2) is 42.5 Å². The molecule has 0 fully saturated rings. The van der Waals surface area contributed by atoms with Crippen molar-refractivity contribution in [3.63, 3.8) is 0 Å². The summed E-state index contributed by atoms with van der Waals surface area (Å²) in [6.07, 6.45) is -2.71. The van der Waals surface area contributed by atoms with Gasteiger partial charge in [-0.25, -0.2) is 22.9 Å². The van der Waals surface area contributed by atoms with E-state index in [-0.39, 0.29) is 55.9 Å². The first-order valence-electron chi connectivity index (χ1n) is 13.2. The molecule has 2 N–H and O–H groups in total. The van der Waals surface area contributed by atoms with Gasteiger partial charge in [-0.3, -0.25) is 9.69 Å². The third-order valence-corrected chi connectivity index (χ3v) is 7.90. The first kappa shape index (κ1) is 33.2. The molecule has 0 bridgehead atoms. The molecule has 0 radical (unpaired) electrons. The van der Waals surface area contributed by atoms with E-state index in [1.54, 1.807) is 44.5 Å². The van der Waals surface area contributed by atoms with E-state index in [1.165, 1.54) is 36.2 Å². The van der Waals surface area contributed by atoms with Gasteiger partial charge in [-0.05, 0) is 42.0 Å². The molecule has 0 aliphatic heterocycles. The number of amides is 1. The zero-order chi connectivity index (χ0) is 32.7. The van der Waals surface area contributed by atoms with Gasteiger partial charge in [0.15, 0.2) is 0 Å². The maximum atomic E-state index is 14.3. The molecule has 4 rings (SSSR count). The lowest BCUT2D eigenvalue weighted by atomic mass is 9.95. The van der Waals surface area contributed by atoms with Crippen molar-refractivity contribution in [1.29, 1.82) is 0 Å². The number of alkyl halides is 2. The number of nitrogens with one attached hydrogen (secondary N) is 1. The minimum Gasteiger partial charge on any atom is -0.478 e. The second-order valence-corrected chi connectivity index (χ2v) is 12.3. The van der Waals surface area contributed by atoms with Gasteiger partial charge in [-0.15, -0.1) is 0 Å². The van der Waals surface area contributed by atoms with Crippen LogP contribution < -0.4 is 15.1 Å². The van der Waals surface area contributed by atoms with Crippen LogP contribution in [0.25, 0.3) is 11.0 Å². The lowest BCUT2D eigenvalue weighted by Gasteiger charge is -2.27. The fourth-order valence-corrected chi connectivity index (χ4v) is 5.32. The first-order chi connectivity index (χ1) is 20.5. The molecule has 1 amide bonds. The molecule has 0 aliphatic rings. The number of aryl methyl sites for hydroxylation is 1. The number of hydrogen-bond acceptors (Lipinski definition) is 5. The molecule has 8 nitrogen and oxygen atoms in total. The van der Waals surface area contributed by atoms with Crippen LogP contribution in [0.3, 0.4) is 0 Å². The van der Waals surface area contributed by atoms with Crippen molar-refractivity contribution in [3.8, 4) is 0 Å². The van der Waals surface area contributed by atoms with Gasteiger partial charge in [-0.1, -0.05) is 61.6 Å². The Morgan fingerprint density at radius 2 is 1.75 bits per heavy atom. The zero-order valence-corrected chi connectivity index (χ0v) is 26.6. The standard InChI is InChI=1S/C30H29Cl3F3N5O3/c1-30(2,3)28(44)37-13-15-6-8-18(31)26(25(15)33)41(16-7-9-20(34)19(32)10-16)29-38-21-11-17(27(42)43)22(12-23(21)40(29)5)39(4)14-24(35)36/h6-12,24H,13-14H2,1-5H3,(H,37,44)(H,42,43). The largest absolute Gasteiger partial charge is 0.478 e. The molecule has 0 saturated heterocycles. The highest BCUT2D eigenvalue weighted by Gasteiger charge is 2.28. The number of aromatic nitrogens is 2. The fourth-order valence-electron chi connectivity index (χ4n) is 4.54. The van der Waals surface area contributed by atoms with E-state index < -0.39 is 30.2 Å². The van der Waals surface area contributed by atoms with Crippen molar-refractivity contribution < 1.29 is 27.9 Å². The van der Waals surface area contributed by atoms with Crippen LogP contribution in [-0.4, -0.2) is 46.6 Å². The molecule has 0 spiro atoms. The van der Waals surface area contributed by atoms with Crippen LogP contribution in [0.1, 0.15) is 36.7 Å². The highest BCUT2D eigenvalue weighted by Crippen LogP contribution is 2.45. The van der Waals surface area contributed by atoms with E-state index in [0.717, 1.165) is 11.0 Å². The third kappa shape index (κ3) is 6.69. The van der Waals surface area contributed by atoms with Crippen LogP contribution >= 0.6 is 34.8 Å². The number of imidazole rings is 1. The number of nitrogens with zero attached hydrogens (tertiary/aromatic N) is 4. The quantitative estimate of drug-likeness (QED) is 0.187. The Bertz CT molecular complexity index is 1760. The van der Waals surface area contributed by atoms with Crippen LogP contribution in [0.4, 0.5) is 36.2 Å². The summed E-state index contributed by atoms with van der Waals surface area (Å²) in [6, 6.07) is 9.93. The first-order valence-corrected chi connectivity index (χ1v) is 14.4. The van der Waals surface area contributed by atoms with Gasteiger partial charge in [-0.2, -0.15) is 0 Å². The van der Waals surface area contributed by atoms with Crippen molar-refractivity contribution in [3.05, 3.63) is 74.5 Å². The van der Waals surface area contributed by atoms with E-state index in [0.29, 0.717) is 16.8 Å². The van der Waals surface area contributed by atoms with Crippen LogP contribution in [-0.2, 0) is 18.4 Å². The number of carbonyl (C=O) groups is 2. The average molecular weight is 671 g/mol. The summed E-state index contributed by atoms with van der Waals surface area (Å²) in [5.41, 5.74) is 0.868. The Morgan fingerprint density at radius 1 is 1.07 bits per heavy atom. The second kappa shape index (κ2) is 12.7. The number of rotatable bonds is 9. The summed E-state index contributed by atoms with van der Waals surface area (Å²) < 4.78 is 42.3. The lowest BCUT2D eigenvalue weighted by Crippen LogP contribution is -2.34. The molecule has 0 aliphatic carbocycles. The molecule has 4 aromatic rings. The Labute approximate surface area is 266 Å². The van der Waals surface area contributed by atoms with Gasteiger partial charge in [0.2, 0.25) is 11.9 Å². The number of benzene rings is 3. The maximum Gasteiger partial charge on any atom is 0.337 e. The second-order valence-electron chi connectivity index (χ2n) is 11.1. The summed E-state index contributed by atoms with van der Waals surface area (Å²) >= 11 is 19.8. The van der Waals surface area contributed by atoms with E-state index in [1.807, 2.05) is 0 Å². The third-order valence-electron chi connectivity index (χ3n) is 6.88. The predicted molar refractivity (Wildman–Crippen MR) is 168 cm³/mol. The van der Waals surface area contributed by atoms with E-state index in [9.17, 15) is 27.9 Å². The Balaban J connectivity index is 1.96. The van der Waals surface area contributed by atoms with Gasteiger partial charge in [0.25, 0.3) is 6.43 Å². The van der Waals surface area contributed by atoms with Gasteiger partial charge in [0.05, 0.1) is 55.3 Å². The zero-order valence-electron chi connectivity index (χ0n) is 24.4. The van der Waals surface area contributed by atoms with Gasteiger partial charge < -0.3 is 19.9 Å². The van der Waals surface area contributed by atoms with Crippen molar-refractivity contribution in [1.82, 2.24) is 14.9 Å². The van der Waals surface area contributed by atoms with Crippen molar-refractivity contribution in [2.24, 2.45) is 12.5 Å². The number of aromatic carboxylic acids is 1.